The van der Waals surface area contributed by atoms with Crippen LogP contribution in [-0.4, -0.2) is 0 Å². The molecule has 1 aliphatic rings. The Kier molecular flexibility index (Phi) is 3.23. The second-order valence-corrected chi connectivity index (χ2v) is 5.65. The van der Waals surface area contributed by atoms with Crippen LogP contribution in [0.3, 0.4) is 0 Å². The number of rotatable bonds is 2. The van der Waals surface area contributed by atoms with E-state index in [0.717, 1.165) is 23.7 Å². The fourth-order valence-corrected chi connectivity index (χ4v) is 3.22. The molecule has 0 radical (unpaired) electrons. The van der Waals surface area contributed by atoms with Crippen LogP contribution in [0.15, 0.2) is 24.3 Å². The van der Waals surface area contributed by atoms with Crippen LogP contribution in [0.1, 0.15) is 51.5 Å². The molecular weight excluding hydrogens is 180 g/mol. The second kappa shape index (κ2) is 4.47. The third kappa shape index (κ3) is 2.30. The predicted molar refractivity (Wildman–Crippen MR) is 66.1 cm³/mol. The molecule has 0 heterocycles. The van der Waals surface area contributed by atoms with Gasteiger partial charge in [0.25, 0.3) is 0 Å². The third-order valence-corrected chi connectivity index (χ3v) is 4.14. The molecule has 84 valence electrons. The van der Waals surface area contributed by atoms with E-state index in [-0.39, 0.29) is 0 Å². The van der Waals surface area contributed by atoms with E-state index in [1.807, 2.05) is 0 Å². The van der Waals surface area contributed by atoms with E-state index in [9.17, 15) is 0 Å². The monoisotopic (exact) mass is 203 g/mol. The minimum absolute atomic E-state index is 0.823. The van der Waals surface area contributed by atoms with Gasteiger partial charge in [-0.2, -0.15) is 23.8 Å². The van der Waals surface area contributed by atoms with E-state index < -0.39 is 0 Å². The molecule has 0 spiro atoms. The molecule has 1 aromatic rings. The van der Waals surface area contributed by atoms with Gasteiger partial charge in [0.1, 0.15) is 0 Å². The van der Waals surface area contributed by atoms with Crippen LogP contribution in [0.5, 0.6) is 0 Å². The van der Waals surface area contributed by atoms with Gasteiger partial charge in [0.15, 0.2) is 0 Å². The van der Waals surface area contributed by atoms with E-state index in [0.29, 0.717) is 0 Å². The fourth-order valence-electron chi connectivity index (χ4n) is 3.22. The fraction of sp³-hybridized carbons (Fsp3) is 0.667. The van der Waals surface area contributed by atoms with Crippen molar-refractivity contribution in [1.29, 1.82) is 0 Å². The van der Waals surface area contributed by atoms with Crippen LogP contribution in [-0.2, 0) is 0 Å². The smallest absolute Gasteiger partial charge is 0.0437 e. The van der Waals surface area contributed by atoms with E-state index in [2.05, 4.69) is 45.0 Å². The standard InChI is InChI=1S/C15H23/c1-11(2)14-9-8-12(3)10-15(14)13-6-4-5-7-13/h4-7,11-12,14-15H,8-10H2,1-3H3/q-1. The van der Waals surface area contributed by atoms with Crippen LogP contribution in [0, 0.1) is 17.8 Å². The van der Waals surface area contributed by atoms with Gasteiger partial charge < -0.3 is 0 Å². The quantitative estimate of drug-likeness (QED) is 0.617. The molecule has 0 aromatic heterocycles. The van der Waals surface area contributed by atoms with Gasteiger partial charge in [-0.25, -0.2) is 6.07 Å². The van der Waals surface area contributed by atoms with Gasteiger partial charge in [-0.15, -0.1) is 0 Å². The van der Waals surface area contributed by atoms with E-state index in [1.54, 1.807) is 5.56 Å². The lowest BCUT2D eigenvalue weighted by Crippen LogP contribution is -2.25. The van der Waals surface area contributed by atoms with Crippen LogP contribution in [0.2, 0.25) is 0 Å². The SMILES string of the molecule is CC1CCC(C(C)C)C(c2cc[cH-]c2)C1. The molecule has 0 N–H and O–H groups in total. The third-order valence-electron chi connectivity index (χ3n) is 4.14. The van der Waals surface area contributed by atoms with Crippen LogP contribution < -0.4 is 0 Å². The average molecular weight is 203 g/mol. The molecule has 1 saturated carbocycles. The Hall–Kier alpha value is -0.650. The average Bonchev–Trinajstić information content (AvgIpc) is 2.69. The first-order valence-electron chi connectivity index (χ1n) is 6.40. The highest BCUT2D eigenvalue weighted by Gasteiger charge is 2.28. The van der Waals surface area contributed by atoms with Crippen molar-refractivity contribution in [2.24, 2.45) is 17.8 Å². The second-order valence-electron chi connectivity index (χ2n) is 5.65. The molecule has 0 saturated heterocycles. The maximum absolute atomic E-state index is 2.41. The lowest BCUT2D eigenvalue weighted by molar-refractivity contribution is 0.197. The summed E-state index contributed by atoms with van der Waals surface area (Å²) in [5, 5.41) is 0. The molecule has 15 heavy (non-hydrogen) atoms. The summed E-state index contributed by atoms with van der Waals surface area (Å²) >= 11 is 0. The molecule has 0 amide bonds. The van der Waals surface area contributed by atoms with Crippen molar-refractivity contribution in [2.45, 2.75) is 46.0 Å². The van der Waals surface area contributed by atoms with Crippen LogP contribution >= 0.6 is 0 Å². The summed E-state index contributed by atoms with van der Waals surface area (Å²) in [7, 11) is 0. The predicted octanol–water partition coefficient (Wildman–Crippen LogP) is 4.58. The Morgan fingerprint density at radius 2 is 2.13 bits per heavy atom. The summed E-state index contributed by atoms with van der Waals surface area (Å²) in [5.74, 6) is 3.48. The molecule has 2 rings (SSSR count). The zero-order valence-electron chi connectivity index (χ0n) is 10.2. The van der Waals surface area contributed by atoms with E-state index in [4.69, 9.17) is 0 Å². The van der Waals surface area contributed by atoms with Crippen LogP contribution in [0.4, 0.5) is 0 Å². The summed E-state index contributed by atoms with van der Waals surface area (Å²) in [6, 6.07) is 9.01. The molecule has 1 aromatic carbocycles. The van der Waals surface area contributed by atoms with Crippen molar-refractivity contribution in [1.82, 2.24) is 0 Å². The van der Waals surface area contributed by atoms with Crippen molar-refractivity contribution in [3.8, 4) is 0 Å². The molecule has 1 aliphatic carbocycles. The largest absolute Gasteiger partial charge is 0.210 e. The first-order valence-corrected chi connectivity index (χ1v) is 6.40. The highest BCUT2D eigenvalue weighted by molar-refractivity contribution is 5.22. The lowest BCUT2D eigenvalue weighted by atomic mass is 9.68. The van der Waals surface area contributed by atoms with Gasteiger partial charge in [-0.1, -0.05) is 46.0 Å². The Morgan fingerprint density at radius 1 is 1.33 bits per heavy atom. The zero-order chi connectivity index (χ0) is 10.8. The Morgan fingerprint density at radius 3 is 2.73 bits per heavy atom. The highest BCUT2D eigenvalue weighted by Crippen LogP contribution is 2.43. The van der Waals surface area contributed by atoms with Gasteiger partial charge in [-0.05, 0) is 17.8 Å². The van der Waals surface area contributed by atoms with E-state index >= 15 is 0 Å². The van der Waals surface area contributed by atoms with Gasteiger partial charge in [-0.3, -0.25) is 0 Å². The van der Waals surface area contributed by atoms with Crippen molar-refractivity contribution < 1.29 is 0 Å². The Balaban J connectivity index is 2.17. The molecule has 0 aliphatic heterocycles. The number of hydrogen-bond acceptors (Lipinski definition) is 0. The minimum atomic E-state index is 0.823. The summed E-state index contributed by atoms with van der Waals surface area (Å²) in [5.41, 5.74) is 1.58. The molecular formula is C15H23-. The minimum Gasteiger partial charge on any atom is -0.210 e. The molecule has 0 heteroatoms. The first kappa shape index (κ1) is 10.9. The zero-order valence-corrected chi connectivity index (χ0v) is 10.2. The number of hydrogen-bond donors (Lipinski definition) is 0. The first-order chi connectivity index (χ1) is 7.18. The van der Waals surface area contributed by atoms with Crippen molar-refractivity contribution in [2.75, 3.05) is 0 Å². The Bertz CT molecular complexity index is 281. The molecule has 3 atom stereocenters. The van der Waals surface area contributed by atoms with Gasteiger partial charge in [0, 0.05) is 0 Å². The maximum atomic E-state index is 2.41. The normalized spacial score (nSPS) is 32.1. The topological polar surface area (TPSA) is 0 Å². The molecule has 1 fully saturated rings. The molecule has 0 nitrogen and oxygen atoms in total. The summed E-state index contributed by atoms with van der Waals surface area (Å²) in [6.45, 7) is 7.18. The maximum Gasteiger partial charge on any atom is -0.0437 e. The van der Waals surface area contributed by atoms with E-state index in [1.165, 1.54) is 19.3 Å². The van der Waals surface area contributed by atoms with Crippen molar-refractivity contribution in [3.05, 3.63) is 29.8 Å². The van der Waals surface area contributed by atoms with Gasteiger partial charge >= 0.3 is 0 Å². The summed E-state index contributed by atoms with van der Waals surface area (Å²) in [6.07, 6.45) is 4.25. The van der Waals surface area contributed by atoms with Crippen molar-refractivity contribution in [3.63, 3.8) is 0 Å². The van der Waals surface area contributed by atoms with Gasteiger partial charge in [0.05, 0.1) is 0 Å². The Labute approximate surface area is 94.1 Å². The summed E-state index contributed by atoms with van der Waals surface area (Å²) in [4.78, 5) is 0. The summed E-state index contributed by atoms with van der Waals surface area (Å²) < 4.78 is 0. The molecule has 3 unspecified atom stereocenters. The van der Waals surface area contributed by atoms with Crippen LogP contribution in [0.25, 0.3) is 0 Å². The highest BCUT2D eigenvalue weighted by atomic mass is 14.4. The van der Waals surface area contributed by atoms with Crippen molar-refractivity contribution >= 4 is 0 Å². The van der Waals surface area contributed by atoms with Gasteiger partial charge in [0.2, 0.25) is 0 Å². The lowest BCUT2D eigenvalue weighted by Gasteiger charge is -2.40. The molecule has 0 bridgehead atoms.